The van der Waals surface area contributed by atoms with E-state index in [0.29, 0.717) is 13.2 Å². The molecule has 24 heavy (non-hydrogen) atoms. The lowest BCUT2D eigenvalue weighted by Crippen LogP contribution is -2.48. The monoisotopic (exact) mass is 339 g/mol. The number of nitrogens with zero attached hydrogens (tertiary/aromatic N) is 2. The van der Waals surface area contributed by atoms with Crippen LogP contribution < -0.4 is 5.32 Å². The summed E-state index contributed by atoms with van der Waals surface area (Å²) in [6, 6.07) is -0.381. The number of nitrogens with one attached hydrogen (secondary N) is 1. The Morgan fingerprint density at radius 3 is 2.58 bits per heavy atom. The fourth-order valence-electron chi connectivity index (χ4n) is 3.78. The maximum atomic E-state index is 12.2. The fraction of sp³-hybridized carbons (Fsp3) is 0.824. The van der Waals surface area contributed by atoms with E-state index in [2.05, 4.69) is 31.1 Å². The van der Waals surface area contributed by atoms with Crippen molar-refractivity contribution in [2.24, 2.45) is 15.8 Å². The summed E-state index contributed by atoms with van der Waals surface area (Å²) in [6.07, 6.45) is 4.15. The van der Waals surface area contributed by atoms with E-state index in [9.17, 15) is 14.4 Å². The van der Waals surface area contributed by atoms with Crippen LogP contribution in [0.5, 0.6) is 0 Å². The number of isocyanates is 1. The molecule has 0 aromatic heterocycles. The summed E-state index contributed by atoms with van der Waals surface area (Å²) in [5.41, 5.74) is -0.118. The molecule has 0 saturated heterocycles. The summed E-state index contributed by atoms with van der Waals surface area (Å²) in [7, 11) is 1.55. The maximum Gasteiger partial charge on any atom is 0.325 e. The van der Waals surface area contributed by atoms with Gasteiger partial charge < -0.3 is 15.0 Å². The summed E-state index contributed by atoms with van der Waals surface area (Å²) in [5, 5.41) is 2.88. The van der Waals surface area contributed by atoms with Crippen LogP contribution in [0.2, 0.25) is 0 Å². The van der Waals surface area contributed by atoms with E-state index in [1.165, 1.54) is 4.90 Å². The topological polar surface area (TPSA) is 88.1 Å². The van der Waals surface area contributed by atoms with Crippen LogP contribution in [0.25, 0.3) is 0 Å². The normalized spacial score (nSPS) is 25.3. The molecule has 1 aliphatic rings. The minimum Gasteiger partial charge on any atom is -0.465 e. The number of aliphatic imine (C=N–C) groups is 1. The molecule has 2 atom stereocenters. The number of hydrogen-bond acceptors (Lipinski definition) is 5. The smallest absolute Gasteiger partial charge is 0.325 e. The van der Waals surface area contributed by atoms with Crippen LogP contribution in [0.1, 0.15) is 47.0 Å². The summed E-state index contributed by atoms with van der Waals surface area (Å²) in [4.78, 5) is 39.4. The Hall–Kier alpha value is -1.88. The first-order chi connectivity index (χ1) is 11.1. The highest BCUT2D eigenvalue weighted by molar-refractivity contribution is 5.80. The second-order valence-corrected chi connectivity index (χ2v) is 7.75. The number of hydrogen-bond donors (Lipinski definition) is 1. The van der Waals surface area contributed by atoms with Crippen LogP contribution in [-0.2, 0) is 14.3 Å². The highest BCUT2D eigenvalue weighted by Gasteiger charge is 2.41. The molecule has 0 radical (unpaired) electrons. The van der Waals surface area contributed by atoms with Crippen molar-refractivity contribution in [1.29, 1.82) is 0 Å². The summed E-state index contributed by atoms with van der Waals surface area (Å²) >= 11 is 0. The van der Waals surface area contributed by atoms with Gasteiger partial charge in [0.25, 0.3) is 0 Å². The molecule has 0 heterocycles. The zero-order chi connectivity index (χ0) is 18.4. The van der Waals surface area contributed by atoms with Crippen LogP contribution in [-0.4, -0.2) is 55.8 Å². The van der Waals surface area contributed by atoms with Gasteiger partial charge >= 0.3 is 12.0 Å². The summed E-state index contributed by atoms with van der Waals surface area (Å²) in [6.45, 7) is 8.78. The van der Waals surface area contributed by atoms with Crippen molar-refractivity contribution in [2.45, 2.75) is 53.0 Å². The highest BCUT2D eigenvalue weighted by Crippen LogP contribution is 2.46. The Labute approximate surface area is 143 Å². The molecule has 0 aromatic rings. The molecule has 0 bridgehead atoms. The molecule has 1 aliphatic carbocycles. The molecule has 7 heteroatoms. The van der Waals surface area contributed by atoms with Gasteiger partial charge in [0, 0.05) is 13.6 Å². The molecular formula is C17H29N3O4. The van der Waals surface area contributed by atoms with Crippen molar-refractivity contribution in [3.63, 3.8) is 0 Å². The average molecular weight is 339 g/mol. The van der Waals surface area contributed by atoms with Crippen molar-refractivity contribution >= 4 is 18.1 Å². The van der Waals surface area contributed by atoms with Crippen LogP contribution in [0, 0.1) is 10.8 Å². The zero-order valence-corrected chi connectivity index (χ0v) is 15.3. The Balaban J connectivity index is 2.61. The minimum atomic E-state index is -0.430. The number of likely N-dealkylation sites (N-methyl/N-ethyl adjacent to an activating group) is 1. The molecule has 0 spiro atoms. The van der Waals surface area contributed by atoms with E-state index in [1.54, 1.807) is 20.1 Å². The van der Waals surface area contributed by atoms with E-state index in [1.807, 2.05) is 0 Å². The lowest BCUT2D eigenvalue weighted by molar-refractivity contribution is -0.143. The molecule has 1 fully saturated rings. The predicted octanol–water partition coefficient (Wildman–Crippen LogP) is 2.11. The average Bonchev–Trinajstić information content (AvgIpc) is 2.43. The van der Waals surface area contributed by atoms with E-state index in [0.717, 1.165) is 19.3 Å². The highest BCUT2D eigenvalue weighted by atomic mass is 16.5. The quantitative estimate of drug-likeness (QED) is 0.456. The van der Waals surface area contributed by atoms with Gasteiger partial charge in [0.1, 0.15) is 6.54 Å². The Bertz CT molecular complexity index is 514. The number of carbonyl (C=O) groups excluding carboxylic acids is 3. The van der Waals surface area contributed by atoms with Crippen molar-refractivity contribution in [3.05, 3.63) is 0 Å². The van der Waals surface area contributed by atoms with Gasteiger partial charge in [0.2, 0.25) is 6.08 Å². The van der Waals surface area contributed by atoms with Crippen LogP contribution in [0.4, 0.5) is 4.79 Å². The second-order valence-electron chi connectivity index (χ2n) is 7.75. The van der Waals surface area contributed by atoms with Gasteiger partial charge in [0.15, 0.2) is 0 Å². The molecular weight excluding hydrogens is 310 g/mol. The first-order valence-corrected chi connectivity index (χ1v) is 8.32. The lowest BCUT2D eigenvalue weighted by atomic mass is 9.63. The molecule has 0 aromatic carbocycles. The summed E-state index contributed by atoms with van der Waals surface area (Å²) in [5.74, 6) is -0.430. The molecule has 2 amide bonds. The van der Waals surface area contributed by atoms with Gasteiger partial charge in [-0.05, 0) is 37.0 Å². The van der Waals surface area contributed by atoms with Crippen molar-refractivity contribution in [1.82, 2.24) is 10.2 Å². The second kappa shape index (κ2) is 8.29. The van der Waals surface area contributed by atoms with Crippen LogP contribution in [0.15, 0.2) is 4.99 Å². The number of urea groups is 1. The summed E-state index contributed by atoms with van der Waals surface area (Å²) < 4.78 is 4.84. The Kier molecular flexibility index (Phi) is 6.96. The van der Waals surface area contributed by atoms with Gasteiger partial charge in [-0.3, -0.25) is 4.79 Å². The van der Waals surface area contributed by atoms with Gasteiger partial charge in [-0.1, -0.05) is 20.8 Å². The van der Waals surface area contributed by atoms with E-state index < -0.39 is 5.97 Å². The first kappa shape index (κ1) is 20.2. The van der Waals surface area contributed by atoms with Crippen molar-refractivity contribution in [2.75, 3.05) is 26.7 Å². The molecule has 2 unspecified atom stereocenters. The molecule has 136 valence electrons. The van der Waals surface area contributed by atoms with E-state index in [-0.39, 0.29) is 29.4 Å². The minimum absolute atomic E-state index is 0.0412. The number of rotatable bonds is 6. The van der Waals surface area contributed by atoms with Crippen LogP contribution >= 0.6 is 0 Å². The third-order valence-corrected chi connectivity index (χ3v) is 4.34. The maximum absolute atomic E-state index is 12.2. The number of carbonyl (C=O) groups is 2. The van der Waals surface area contributed by atoms with Gasteiger partial charge in [-0.2, -0.15) is 0 Å². The van der Waals surface area contributed by atoms with Crippen molar-refractivity contribution < 1.29 is 19.1 Å². The van der Waals surface area contributed by atoms with Gasteiger partial charge in [0.05, 0.1) is 12.6 Å². The largest absolute Gasteiger partial charge is 0.465 e. The lowest BCUT2D eigenvalue weighted by Gasteiger charge is -2.45. The van der Waals surface area contributed by atoms with Gasteiger partial charge in [-0.15, -0.1) is 0 Å². The Morgan fingerprint density at radius 1 is 1.33 bits per heavy atom. The number of esters is 1. The zero-order valence-electron chi connectivity index (χ0n) is 15.3. The number of ether oxygens (including phenoxy) is 1. The van der Waals surface area contributed by atoms with Gasteiger partial charge in [-0.25, -0.2) is 14.6 Å². The molecule has 1 rings (SSSR count). The van der Waals surface area contributed by atoms with Crippen LogP contribution in [0.3, 0.4) is 0 Å². The Morgan fingerprint density at radius 2 is 2.00 bits per heavy atom. The number of amides is 2. The molecule has 7 nitrogen and oxygen atoms in total. The van der Waals surface area contributed by atoms with Crippen molar-refractivity contribution in [3.8, 4) is 0 Å². The standard InChI is InChI=1S/C17H29N3O4/c1-6-24-14(22)9-20(5)15(23)18-11-17(4)8-13(19-12-21)7-16(2,3)10-17/h13H,6-11H2,1-5H3,(H,18,23). The third-order valence-electron chi connectivity index (χ3n) is 4.34. The SMILES string of the molecule is CCOC(=O)CN(C)C(=O)NCC1(C)CC(N=C=O)CC(C)(C)C1. The van der Waals surface area contributed by atoms with E-state index >= 15 is 0 Å². The first-order valence-electron chi connectivity index (χ1n) is 8.32. The third kappa shape index (κ3) is 6.32. The molecule has 1 saturated carbocycles. The van der Waals surface area contributed by atoms with E-state index in [4.69, 9.17) is 4.74 Å². The fourth-order valence-corrected chi connectivity index (χ4v) is 3.78. The molecule has 0 aliphatic heterocycles. The predicted molar refractivity (Wildman–Crippen MR) is 90.3 cm³/mol. The molecule has 1 N–H and O–H groups in total.